The monoisotopic (exact) mass is 263 g/mol. The van der Waals surface area contributed by atoms with Gasteiger partial charge in [-0.15, -0.1) is 0 Å². The normalized spacial score (nSPS) is 13.2. The van der Waals surface area contributed by atoms with Gasteiger partial charge in [-0.1, -0.05) is 38.5 Å². The number of carbonyl (C=O) groups is 1. The van der Waals surface area contributed by atoms with Crippen LogP contribution in [0.25, 0.3) is 0 Å². The molecule has 0 heterocycles. The van der Waals surface area contributed by atoms with E-state index in [4.69, 9.17) is 5.11 Å². The summed E-state index contributed by atoms with van der Waals surface area (Å²) in [5.41, 5.74) is 2.69. The molecule has 0 aliphatic carbocycles. The van der Waals surface area contributed by atoms with Gasteiger partial charge in [0.15, 0.2) is 0 Å². The molecule has 1 aromatic rings. The lowest BCUT2D eigenvalue weighted by atomic mass is 9.84. The number of carbonyl (C=O) groups excluding carboxylic acids is 1. The maximum absolute atomic E-state index is 12.4. The predicted molar refractivity (Wildman–Crippen MR) is 78.3 cm³/mol. The van der Waals surface area contributed by atoms with E-state index in [0.717, 1.165) is 11.1 Å². The van der Waals surface area contributed by atoms with Crippen LogP contribution >= 0.6 is 0 Å². The molecule has 0 aliphatic rings. The van der Waals surface area contributed by atoms with Crippen LogP contribution in [-0.2, 0) is 0 Å². The molecule has 2 N–H and O–H groups in total. The zero-order valence-electron chi connectivity index (χ0n) is 12.6. The summed E-state index contributed by atoms with van der Waals surface area (Å²) in [5, 5.41) is 12.2. The quantitative estimate of drug-likeness (QED) is 0.877. The summed E-state index contributed by atoms with van der Waals surface area (Å²) in [7, 11) is 0. The second kappa shape index (κ2) is 6.20. The third-order valence-corrected chi connectivity index (χ3v) is 3.41. The van der Waals surface area contributed by atoms with E-state index < -0.39 is 0 Å². The van der Waals surface area contributed by atoms with Gasteiger partial charge in [-0.3, -0.25) is 4.79 Å². The molecule has 19 heavy (non-hydrogen) atoms. The molecule has 3 heteroatoms. The van der Waals surface area contributed by atoms with Crippen molar-refractivity contribution in [3.05, 3.63) is 34.9 Å². The minimum Gasteiger partial charge on any atom is -0.396 e. The lowest BCUT2D eigenvalue weighted by Gasteiger charge is -2.31. The number of nitrogens with one attached hydrogen (secondary N) is 1. The minimum atomic E-state index is -0.0733. The molecule has 1 amide bonds. The lowest BCUT2D eigenvalue weighted by molar-refractivity contribution is 0.0884. The van der Waals surface area contributed by atoms with Gasteiger partial charge in [0.05, 0.1) is 0 Å². The summed E-state index contributed by atoms with van der Waals surface area (Å²) in [5.74, 6) is -0.0606. The van der Waals surface area contributed by atoms with Crippen molar-refractivity contribution in [2.75, 3.05) is 6.61 Å². The van der Waals surface area contributed by atoms with E-state index >= 15 is 0 Å². The number of aliphatic hydroxyl groups is 1. The molecular formula is C16H25NO2. The fraction of sp³-hybridized carbons (Fsp3) is 0.562. The van der Waals surface area contributed by atoms with Crippen LogP contribution < -0.4 is 5.32 Å². The Morgan fingerprint density at radius 2 is 1.95 bits per heavy atom. The van der Waals surface area contributed by atoms with Crippen LogP contribution in [0.3, 0.4) is 0 Å². The maximum atomic E-state index is 12.4. The van der Waals surface area contributed by atoms with Gasteiger partial charge < -0.3 is 10.4 Å². The zero-order valence-corrected chi connectivity index (χ0v) is 12.6. The summed E-state index contributed by atoms with van der Waals surface area (Å²) in [6.07, 6.45) is 0.570. The Bertz CT molecular complexity index is 447. The molecular weight excluding hydrogens is 238 g/mol. The average Bonchev–Trinajstić information content (AvgIpc) is 2.30. The highest BCUT2D eigenvalue weighted by atomic mass is 16.3. The summed E-state index contributed by atoms with van der Waals surface area (Å²) >= 11 is 0. The Morgan fingerprint density at radius 3 is 2.47 bits per heavy atom. The summed E-state index contributed by atoms with van der Waals surface area (Å²) in [6.45, 7) is 10.2. The number of rotatable bonds is 4. The van der Waals surface area contributed by atoms with Crippen LogP contribution in [0.1, 0.15) is 48.7 Å². The molecule has 3 nitrogen and oxygen atoms in total. The first-order valence-corrected chi connectivity index (χ1v) is 6.74. The Balaban J connectivity index is 2.91. The van der Waals surface area contributed by atoms with Crippen molar-refractivity contribution in [1.29, 1.82) is 0 Å². The highest BCUT2D eigenvalue weighted by molar-refractivity contribution is 5.96. The standard InChI is InChI=1S/C16H25NO2/c1-11-6-7-12(2)13(10-11)15(19)17-14(8-9-18)16(3,4)5/h6-7,10,14,18H,8-9H2,1-5H3,(H,17,19). The fourth-order valence-corrected chi connectivity index (χ4v) is 2.07. The highest BCUT2D eigenvalue weighted by Gasteiger charge is 2.26. The van der Waals surface area contributed by atoms with Gasteiger partial charge in [-0.2, -0.15) is 0 Å². The van der Waals surface area contributed by atoms with E-state index in [9.17, 15) is 4.79 Å². The molecule has 0 aromatic heterocycles. The smallest absolute Gasteiger partial charge is 0.251 e. The Hall–Kier alpha value is -1.35. The molecule has 1 rings (SSSR count). The van der Waals surface area contributed by atoms with E-state index in [2.05, 4.69) is 26.1 Å². The average molecular weight is 263 g/mol. The third-order valence-electron chi connectivity index (χ3n) is 3.41. The Kier molecular flexibility index (Phi) is 5.12. The van der Waals surface area contributed by atoms with Gasteiger partial charge in [-0.25, -0.2) is 0 Å². The summed E-state index contributed by atoms with van der Waals surface area (Å²) < 4.78 is 0. The van der Waals surface area contributed by atoms with Crippen LogP contribution in [0.2, 0.25) is 0 Å². The molecule has 0 bridgehead atoms. The van der Waals surface area contributed by atoms with E-state index in [1.807, 2.05) is 32.0 Å². The molecule has 1 unspecified atom stereocenters. The van der Waals surface area contributed by atoms with E-state index in [-0.39, 0.29) is 24.0 Å². The van der Waals surface area contributed by atoms with Crippen LogP contribution in [0.4, 0.5) is 0 Å². The fourth-order valence-electron chi connectivity index (χ4n) is 2.07. The van der Waals surface area contributed by atoms with Crippen molar-refractivity contribution in [2.24, 2.45) is 5.41 Å². The van der Waals surface area contributed by atoms with Crippen LogP contribution in [0, 0.1) is 19.3 Å². The second-order valence-electron chi connectivity index (χ2n) is 6.22. The summed E-state index contributed by atoms with van der Waals surface area (Å²) in [6, 6.07) is 5.83. The molecule has 0 spiro atoms. The Morgan fingerprint density at radius 1 is 1.32 bits per heavy atom. The van der Waals surface area contributed by atoms with Gasteiger partial charge >= 0.3 is 0 Å². The van der Waals surface area contributed by atoms with E-state index in [1.54, 1.807) is 0 Å². The Labute approximate surface area is 116 Å². The van der Waals surface area contributed by atoms with Gasteiger partial charge in [-0.05, 0) is 37.3 Å². The molecule has 0 radical (unpaired) electrons. The molecule has 1 atom stereocenters. The van der Waals surface area contributed by atoms with Crippen LogP contribution in [0.5, 0.6) is 0 Å². The second-order valence-corrected chi connectivity index (χ2v) is 6.22. The molecule has 0 aliphatic heterocycles. The van der Waals surface area contributed by atoms with Crippen molar-refractivity contribution in [3.63, 3.8) is 0 Å². The highest BCUT2D eigenvalue weighted by Crippen LogP contribution is 2.22. The van der Waals surface area contributed by atoms with Gasteiger partial charge in [0, 0.05) is 18.2 Å². The third kappa shape index (κ3) is 4.35. The molecule has 0 saturated carbocycles. The van der Waals surface area contributed by atoms with E-state index in [0.29, 0.717) is 12.0 Å². The largest absolute Gasteiger partial charge is 0.396 e. The first-order chi connectivity index (χ1) is 8.75. The number of aryl methyl sites for hydroxylation is 2. The molecule has 1 aromatic carbocycles. The van der Waals surface area contributed by atoms with Gasteiger partial charge in [0.25, 0.3) is 5.91 Å². The van der Waals surface area contributed by atoms with Crippen LogP contribution in [0.15, 0.2) is 18.2 Å². The number of amides is 1. The number of hydrogen-bond donors (Lipinski definition) is 2. The first kappa shape index (κ1) is 15.7. The predicted octanol–water partition coefficient (Wildman–Crippen LogP) is 2.83. The molecule has 0 saturated heterocycles. The molecule has 106 valence electrons. The number of hydrogen-bond acceptors (Lipinski definition) is 2. The topological polar surface area (TPSA) is 49.3 Å². The number of benzene rings is 1. The van der Waals surface area contributed by atoms with Crippen molar-refractivity contribution in [2.45, 2.75) is 47.1 Å². The maximum Gasteiger partial charge on any atom is 0.251 e. The van der Waals surface area contributed by atoms with Gasteiger partial charge in [0.2, 0.25) is 0 Å². The van der Waals surface area contributed by atoms with Gasteiger partial charge in [0.1, 0.15) is 0 Å². The lowest BCUT2D eigenvalue weighted by Crippen LogP contribution is -2.44. The van der Waals surface area contributed by atoms with E-state index in [1.165, 1.54) is 0 Å². The molecule has 0 fully saturated rings. The van der Waals surface area contributed by atoms with Crippen molar-refractivity contribution < 1.29 is 9.90 Å². The van der Waals surface area contributed by atoms with Crippen molar-refractivity contribution in [1.82, 2.24) is 5.32 Å². The summed E-state index contributed by atoms with van der Waals surface area (Å²) in [4.78, 5) is 12.4. The zero-order chi connectivity index (χ0) is 14.6. The SMILES string of the molecule is Cc1ccc(C)c(C(=O)NC(CCO)C(C)(C)C)c1. The van der Waals surface area contributed by atoms with Crippen LogP contribution in [-0.4, -0.2) is 23.7 Å². The van der Waals surface area contributed by atoms with Crippen molar-refractivity contribution >= 4 is 5.91 Å². The van der Waals surface area contributed by atoms with Crippen molar-refractivity contribution in [3.8, 4) is 0 Å². The minimum absolute atomic E-state index is 0.0371. The number of aliphatic hydroxyl groups excluding tert-OH is 1. The first-order valence-electron chi connectivity index (χ1n) is 6.74.